The molecule has 0 aliphatic heterocycles. The van der Waals surface area contributed by atoms with Gasteiger partial charge in [-0.3, -0.25) is 4.79 Å². The van der Waals surface area contributed by atoms with Gasteiger partial charge in [-0.1, -0.05) is 26.0 Å². The van der Waals surface area contributed by atoms with E-state index in [0.717, 1.165) is 0 Å². The van der Waals surface area contributed by atoms with Crippen molar-refractivity contribution >= 4 is 5.97 Å². The fraction of sp³-hybridized carbons (Fsp3) is 0.533. The van der Waals surface area contributed by atoms with Crippen molar-refractivity contribution in [3.8, 4) is 0 Å². The van der Waals surface area contributed by atoms with Gasteiger partial charge in [-0.15, -0.1) is 0 Å². The number of rotatable bonds is 7. The zero-order chi connectivity index (χ0) is 15.1. The van der Waals surface area contributed by atoms with Crippen molar-refractivity contribution in [1.29, 1.82) is 0 Å². The molecule has 2 N–H and O–H groups in total. The largest absolute Gasteiger partial charge is 0.468 e. The number of methoxy groups -OCH3 is 1. The Labute approximate surface area is 119 Å². The molecule has 2 unspecified atom stereocenters. The molecule has 0 heterocycles. The van der Waals surface area contributed by atoms with Gasteiger partial charge < -0.3 is 15.2 Å². The standard InChI is InChI=1S/C15H22FNO3/c1-10(2)7-13(15(19)20-3)17-9-14(18)11-5-4-6-12(16)8-11/h4-6,8,10,13-14,17-18H,7,9H2,1-3H3. The van der Waals surface area contributed by atoms with Gasteiger partial charge in [0.25, 0.3) is 0 Å². The summed E-state index contributed by atoms with van der Waals surface area (Å²) in [6, 6.07) is 5.31. The number of ether oxygens (including phenoxy) is 1. The van der Waals surface area contributed by atoms with Crippen LogP contribution in [0.1, 0.15) is 31.9 Å². The Morgan fingerprint density at radius 3 is 2.70 bits per heavy atom. The molecule has 112 valence electrons. The summed E-state index contributed by atoms with van der Waals surface area (Å²) >= 11 is 0. The van der Waals surface area contributed by atoms with Gasteiger partial charge in [0, 0.05) is 6.54 Å². The van der Waals surface area contributed by atoms with Crippen LogP contribution in [0.2, 0.25) is 0 Å². The first-order valence-electron chi connectivity index (χ1n) is 6.68. The molecule has 5 heteroatoms. The molecule has 0 aromatic heterocycles. The summed E-state index contributed by atoms with van der Waals surface area (Å²) in [4.78, 5) is 11.6. The number of esters is 1. The van der Waals surface area contributed by atoms with Gasteiger partial charge in [-0.05, 0) is 30.0 Å². The number of benzene rings is 1. The lowest BCUT2D eigenvalue weighted by atomic mass is 10.0. The van der Waals surface area contributed by atoms with Crippen molar-refractivity contribution in [2.75, 3.05) is 13.7 Å². The van der Waals surface area contributed by atoms with E-state index in [9.17, 15) is 14.3 Å². The SMILES string of the molecule is COC(=O)C(CC(C)C)NCC(O)c1cccc(F)c1. The molecule has 0 spiro atoms. The fourth-order valence-electron chi connectivity index (χ4n) is 1.96. The molecule has 0 aliphatic carbocycles. The smallest absolute Gasteiger partial charge is 0.322 e. The maximum Gasteiger partial charge on any atom is 0.322 e. The van der Waals surface area contributed by atoms with Crippen molar-refractivity contribution in [1.82, 2.24) is 5.32 Å². The minimum Gasteiger partial charge on any atom is -0.468 e. The second-order valence-electron chi connectivity index (χ2n) is 5.18. The van der Waals surface area contributed by atoms with Gasteiger partial charge in [0.2, 0.25) is 0 Å². The van der Waals surface area contributed by atoms with E-state index in [1.54, 1.807) is 12.1 Å². The summed E-state index contributed by atoms with van der Waals surface area (Å²) in [5.41, 5.74) is 0.477. The Kier molecular flexibility index (Phi) is 6.61. The van der Waals surface area contributed by atoms with E-state index in [2.05, 4.69) is 5.32 Å². The van der Waals surface area contributed by atoms with E-state index in [1.165, 1.54) is 19.2 Å². The van der Waals surface area contributed by atoms with Crippen molar-refractivity contribution in [2.24, 2.45) is 5.92 Å². The number of nitrogens with one attached hydrogen (secondary N) is 1. The van der Waals surface area contributed by atoms with Crippen molar-refractivity contribution in [3.05, 3.63) is 35.6 Å². The van der Waals surface area contributed by atoms with Crippen LogP contribution >= 0.6 is 0 Å². The molecule has 0 amide bonds. The monoisotopic (exact) mass is 283 g/mol. The fourth-order valence-corrected chi connectivity index (χ4v) is 1.96. The number of carbonyl (C=O) groups excluding carboxylic acids is 1. The summed E-state index contributed by atoms with van der Waals surface area (Å²) in [5.74, 6) is -0.434. The molecule has 0 bridgehead atoms. The quantitative estimate of drug-likeness (QED) is 0.752. The van der Waals surface area contributed by atoms with E-state index in [0.29, 0.717) is 17.9 Å². The number of aliphatic hydroxyl groups excluding tert-OH is 1. The first-order chi connectivity index (χ1) is 9.43. The maximum absolute atomic E-state index is 13.1. The third kappa shape index (κ3) is 5.27. The summed E-state index contributed by atoms with van der Waals surface area (Å²) in [5, 5.41) is 13.0. The zero-order valence-electron chi connectivity index (χ0n) is 12.1. The number of hydrogen-bond donors (Lipinski definition) is 2. The lowest BCUT2D eigenvalue weighted by Gasteiger charge is -2.20. The number of carbonyl (C=O) groups is 1. The molecule has 1 aromatic rings. The molecule has 20 heavy (non-hydrogen) atoms. The molecule has 0 radical (unpaired) electrons. The number of hydrogen-bond acceptors (Lipinski definition) is 4. The average molecular weight is 283 g/mol. The van der Waals surface area contributed by atoms with Gasteiger partial charge >= 0.3 is 5.97 Å². The molecule has 0 saturated carbocycles. The van der Waals surface area contributed by atoms with Crippen molar-refractivity contribution in [3.63, 3.8) is 0 Å². The van der Waals surface area contributed by atoms with Crippen LogP contribution in [0.25, 0.3) is 0 Å². The second kappa shape index (κ2) is 7.97. The Hall–Kier alpha value is -1.46. The van der Waals surface area contributed by atoms with Gasteiger partial charge in [-0.25, -0.2) is 4.39 Å². The third-order valence-corrected chi connectivity index (χ3v) is 2.98. The molecular formula is C15H22FNO3. The van der Waals surface area contributed by atoms with E-state index in [4.69, 9.17) is 4.74 Å². The highest BCUT2D eigenvalue weighted by molar-refractivity contribution is 5.75. The average Bonchev–Trinajstić information content (AvgIpc) is 2.41. The van der Waals surface area contributed by atoms with Crippen molar-refractivity contribution < 1.29 is 19.0 Å². The molecule has 0 aliphatic rings. The number of halogens is 1. The molecule has 0 fully saturated rings. The van der Waals surface area contributed by atoms with Crippen LogP contribution in [-0.4, -0.2) is 30.8 Å². The van der Waals surface area contributed by atoms with Gasteiger partial charge in [0.1, 0.15) is 11.9 Å². The third-order valence-electron chi connectivity index (χ3n) is 2.98. The van der Waals surface area contributed by atoms with Gasteiger partial charge in [0.15, 0.2) is 0 Å². The van der Waals surface area contributed by atoms with Gasteiger partial charge in [-0.2, -0.15) is 0 Å². The lowest BCUT2D eigenvalue weighted by molar-refractivity contribution is -0.143. The van der Waals surface area contributed by atoms with Crippen LogP contribution in [-0.2, 0) is 9.53 Å². The highest BCUT2D eigenvalue weighted by Crippen LogP contribution is 2.14. The molecule has 2 atom stereocenters. The predicted molar refractivity (Wildman–Crippen MR) is 74.6 cm³/mol. The van der Waals surface area contributed by atoms with E-state index in [-0.39, 0.29) is 12.5 Å². The van der Waals surface area contributed by atoms with Crippen LogP contribution < -0.4 is 5.32 Å². The Morgan fingerprint density at radius 1 is 1.45 bits per heavy atom. The minimum atomic E-state index is -0.870. The van der Waals surface area contributed by atoms with Crippen LogP contribution in [0.15, 0.2) is 24.3 Å². The Balaban J connectivity index is 2.60. The maximum atomic E-state index is 13.1. The van der Waals surface area contributed by atoms with Crippen molar-refractivity contribution in [2.45, 2.75) is 32.4 Å². The number of aliphatic hydroxyl groups is 1. The molecular weight excluding hydrogens is 261 g/mol. The molecule has 0 saturated heterocycles. The molecule has 4 nitrogen and oxygen atoms in total. The summed E-state index contributed by atoms with van der Waals surface area (Å²) < 4.78 is 17.8. The first kappa shape index (κ1) is 16.6. The molecule has 1 aromatic carbocycles. The minimum absolute atomic E-state index is 0.163. The predicted octanol–water partition coefficient (Wildman–Crippen LogP) is 2.04. The topological polar surface area (TPSA) is 58.6 Å². The summed E-state index contributed by atoms with van der Waals surface area (Å²) in [7, 11) is 1.33. The van der Waals surface area contributed by atoms with E-state index >= 15 is 0 Å². The highest BCUT2D eigenvalue weighted by atomic mass is 19.1. The van der Waals surface area contributed by atoms with Gasteiger partial charge in [0.05, 0.1) is 13.2 Å². The van der Waals surface area contributed by atoms with Crippen LogP contribution in [0.3, 0.4) is 0 Å². The normalized spacial score (nSPS) is 14.1. The Morgan fingerprint density at radius 2 is 2.15 bits per heavy atom. The van der Waals surface area contributed by atoms with Crippen LogP contribution in [0.4, 0.5) is 4.39 Å². The van der Waals surface area contributed by atoms with Crippen LogP contribution in [0, 0.1) is 11.7 Å². The Bertz CT molecular complexity index is 437. The second-order valence-corrected chi connectivity index (χ2v) is 5.18. The van der Waals surface area contributed by atoms with E-state index < -0.39 is 18.0 Å². The summed E-state index contributed by atoms with van der Waals surface area (Å²) in [6.45, 7) is 4.16. The highest BCUT2D eigenvalue weighted by Gasteiger charge is 2.21. The van der Waals surface area contributed by atoms with E-state index in [1.807, 2.05) is 13.8 Å². The summed E-state index contributed by atoms with van der Waals surface area (Å²) in [6.07, 6.45) is -0.257. The molecule has 1 rings (SSSR count). The first-order valence-corrected chi connectivity index (χ1v) is 6.68. The lowest BCUT2D eigenvalue weighted by Crippen LogP contribution is -2.40. The van der Waals surface area contributed by atoms with Crippen LogP contribution in [0.5, 0.6) is 0 Å². The zero-order valence-corrected chi connectivity index (χ0v) is 12.1.